The SMILES string of the molecule is COCC(=O)N1CCN(C(=O)c2oc3ccccc3c2CSc2nnc(C)s2)CC1. The maximum atomic E-state index is 13.3. The third-order valence-electron chi connectivity index (χ3n) is 4.93. The van der Waals surface area contributed by atoms with E-state index in [0.29, 0.717) is 43.3 Å². The fourth-order valence-electron chi connectivity index (χ4n) is 3.40. The normalized spacial score (nSPS) is 14.5. The van der Waals surface area contributed by atoms with E-state index in [1.807, 2.05) is 31.2 Å². The van der Waals surface area contributed by atoms with Gasteiger partial charge in [0, 0.05) is 50.0 Å². The van der Waals surface area contributed by atoms with Crippen LogP contribution in [-0.4, -0.2) is 71.7 Å². The molecule has 2 aromatic heterocycles. The molecule has 30 heavy (non-hydrogen) atoms. The molecule has 0 unspecified atom stereocenters. The fraction of sp³-hybridized carbons (Fsp3) is 0.400. The van der Waals surface area contributed by atoms with Crippen LogP contribution in [0.1, 0.15) is 21.1 Å². The van der Waals surface area contributed by atoms with E-state index in [2.05, 4.69) is 10.2 Å². The molecule has 4 rings (SSSR count). The van der Waals surface area contributed by atoms with Crippen LogP contribution < -0.4 is 0 Å². The highest BCUT2D eigenvalue weighted by atomic mass is 32.2. The summed E-state index contributed by atoms with van der Waals surface area (Å²) in [6.07, 6.45) is 0. The molecule has 0 spiro atoms. The second-order valence-electron chi connectivity index (χ2n) is 6.89. The number of methoxy groups -OCH3 is 1. The van der Waals surface area contributed by atoms with Gasteiger partial charge in [-0.25, -0.2) is 0 Å². The molecule has 10 heteroatoms. The fourth-order valence-corrected chi connectivity index (χ4v) is 5.25. The molecule has 1 aliphatic heterocycles. The first kappa shape index (κ1) is 20.8. The van der Waals surface area contributed by atoms with Gasteiger partial charge in [0.05, 0.1) is 0 Å². The first-order chi connectivity index (χ1) is 14.6. The quantitative estimate of drug-likeness (QED) is 0.538. The van der Waals surface area contributed by atoms with Gasteiger partial charge in [-0.2, -0.15) is 0 Å². The molecule has 3 heterocycles. The minimum Gasteiger partial charge on any atom is -0.451 e. The molecule has 3 aromatic rings. The molecule has 0 radical (unpaired) electrons. The van der Waals surface area contributed by atoms with Gasteiger partial charge in [-0.05, 0) is 13.0 Å². The molecule has 158 valence electrons. The number of carbonyl (C=O) groups excluding carboxylic acids is 2. The van der Waals surface area contributed by atoms with Crippen LogP contribution in [0.3, 0.4) is 0 Å². The lowest BCUT2D eigenvalue weighted by Gasteiger charge is -2.34. The molecule has 1 fully saturated rings. The molecule has 0 saturated carbocycles. The van der Waals surface area contributed by atoms with Crippen LogP contribution in [0.15, 0.2) is 33.0 Å². The number of aryl methyl sites for hydroxylation is 1. The zero-order chi connectivity index (χ0) is 21.1. The van der Waals surface area contributed by atoms with Crippen LogP contribution in [0.25, 0.3) is 11.0 Å². The number of rotatable bonds is 6. The predicted octanol–water partition coefficient (Wildman–Crippen LogP) is 2.82. The predicted molar refractivity (Wildman–Crippen MR) is 115 cm³/mol. The minimum atomic E-state index is -0.144. The molecule has 0 N–H and O–H groups in total. The third-order valence-corrected chi connectivity index (χ3v) is 6.93. The number of amides is 2. The summed E-state index contributed by atoms with van der Waals surface area (Å²) in [7, 11) is 1.50. The number of aromatic nitrogens is 2. The second kappa shape index (κ2) is 9.15. The number of hydrogen-bond donors (Lipinski definition) is 0. The average Bonchev–Trinajstić information content (AvgIpc) is 3.35. The lowest BCUT2D eigenvalue weighted by atomic mass is 10.1. The summed E-state index contributed by atoms with van der Waals surface area (Å²) >= 11 is 3.08. The summed E-state index contributed by atoms with van der Waals surface area (Å²) in [5, 5.41) is 10.1. The Morgan fingerprint density at radius 3 is 2.60 bits per heavy atom. The number of hydrogen-bond acceptors (Lipinski definition) is 8. The minimum absolute atomic E-state index is 0.0576. The largest absolute Gasteiger partial charge is 0.451 e. The standard InChI is InChI=1S/C20H22N4O4S2/c1-13-21-22-20(30-13)29-12-15-14-5-3-4-6-16(14)28-18(15)19(26)24-9-7-23(8-10-24)17(25)11-27-2/h3-6H,7-12H2,1-2H3. The van der Waals surface area contributed by atoms with Crippen molar-refractivity contribution in [1.82, 2.24) is 20.0 Å². The highest BCUT2D eigenvalue weighted by Crippen LogP contribution is 2.33. The van der Waals surface area contributed by atoms with E-state index >= 15 is 0 Å². The van der Waals surface area contributed by atoms with Crippen molar-refractivity contribution in [1.29, 1.82) is 0 Å². The lowest BCUT2D eigenvalue weighted by Crippen LogP contribution is -2.51. The number of piperazine rings is 1. The zero-order valence-corrected chi connectivity index (χ0v) is 18.4. The number of fused-ring (bicyclic) bond motifs is 1. The first-order valence-corrected chi connectivity index (χ1v) is 11.4. The van der Waals surface area contributed by atoms with E-state index < -0.39 is 0 Å². The van der Waals surface area contributed by atoms with E-state index in [1.165, 1.54) is 18.4 Å². The number of furan rings is 1. The van der Waals surface area contributed by atoms with Crippen molar-refractivity contribution in [2.45, 2.75) is 17.0 Å². The zero-order valence-electron chi connectivity index (χ0n) is 16.8. The van der Waals surface area contributed by atoms with Gasteiger partial charge in [0.25, 0.3) is 5.91 Å². The van der Waals surface area contributed by atoms with E-state index in [4.69, 9.17) is 9.15 Å². The Morgan fingerprint density at radius 2 is 1.90 bits per heavy atom. The molecule has 1 aliphatic rings. The van der Waals surface area contributed by atoms with E-state index in [1.54, 1.807) is 21.6 Å². The molecule has 0 aliphatic carbocycles. The number of thioether (sulfide) groups is 1. The molecule has 0 atom stereocenters. The second-order valence-corrected chi connectivity index (χ2v) is 9.29. The van der Waals surface area contributed by atoms with Crippen LogP contribution in [-0.2, 0) is 15.3 Å². The molecule has 1 aromatic carbocycles. The molecule has 1 saturated heterocycles. The Kier molecular flexibility index (Phi) is 6.35. The van der Waals surface area contributed by atoms with E-state index in [0.717, 1.165) is 20.3 Å². The Hall–Kier alpha value is -2.43. The van der Waals surface area contributed by atoms with E-state index in [9.17, 15) is 9.59 Å². The van der Waals surface area contributed by atoms with Gasteiger partial charge in [0.1, 0.15) is 17.2 Å². The Morgan fingerprint density at radius 1 is 1.17 bits per heavy atom. The van der Waals surface area contributed by atoms with Gasteiger partial charge in [-0.3, -0.25) is 9.59 Å². The highest BCUT2D eigenvalue weighted by Gasteiger charge is 2.29. The maximum Gasteiger partial charge on any atom is 0.290 e. The summed E-state index contributed by atoms with van der Waals surface area (Å²) < 4.78 is 11.8. The van der Waals surface area contributed by atoms with Gasteiger partial charge in [0.15, 0.2) is 10.1 Å². The van der Waals surface area contributed by atoms with E-state index in [-0.39, 0.29) is 18.4 Å². The number of carbonyl (C=O) groups is 2. The number of benzene rings is 1. The third kappa shape index (κ3) is 4.35. The van der Waals surface area contributed by atoms with Gasteiger partial charge in [-0.15, -0.1) is 10.2 Å². The summed E-state index contributed by atoms with van der Waals surface area (Å²) in [5.41, 5.74) is 1.56. The molecule has 2 amide bonds. The summed E-state index contributed by atoms with van der Waals surface area (Å²) in [5.74, 6) is 0.729. The van der Waals surface area contributed by atoms with Crippen molar-refractivity contribution < 1.29 is 18.7 Å². The van der Waals surface area contributed by atoms with Crippen molar-refractivity contribution in [3.05, 3.63) is 40.6 Å². The van der Waals surface area contributed by atoms with Crippen molar-refractivity contribution >= 4 is 45.9 Å². The van der Waals surface area contributed by atoms with Gasteiger partial charge in [0.2, 0.25) is 5.91 Å². The smallest absolute Gasteiger partial charge is 0.290 e. The average molecular weight is 447 g/mol. The Bertz CT molecular complexity index is 1060. The van der Waals surface area contributed by atoms with Gasteiger partial charge >= 0.3 is 0 Å². The Labute approximate surface area is 182 Å². The molecular formula is C20H22N4O4S2. The summed E-state index contributed by atoms with van der Waals surface area (Å²) in [4.78, 5) is 28.8. The van der Waals surface area contributed by atoms with Crippen molar-refractivity contribution in [2.75, 3.05) is 39.9 Å². The highest BCUT2D eigenvalue weighted by molar-refractivity contribution is 8.00. The monoisotopic (exact) mass is 446 g/mol. The van der Waals surface area contributed by atoms with Crippen LogP contribution in [0, 0.1) is 6.92 Å². The van der Waals surface area contributed by atoms with Gasteiger partial charge < -0.3 is 19.0 Å². The first-order valence-electron chi connectivity index (χ1n) is 9.56. The molecule has 0 bridgehead atoms. The maximum absolute atomic E-state index is 13.3. The van der Waals surface area contributed by atoms with Crippen LogP contribution in [0.5, 0.6) is 0 Å². The Balaban J connectivity index is 1.53. The molecule has 8 nitrogen and oxygen atoms in total. The number of para-hydroxylation sites is 1. The van der Waals surface area contributed by atoms with Crippen molar-refractivity contribution in [3.8, 4) is 0 Å². The summed E-state index contributed by atoms with van der Waals surface area (Å²) in [6.45, 7) is 3.89. The van der Waals surface area contributed by atoms with Crippen molar-refractivity contribution in [3.63, 3.8) is 0 Å². The van der Waals surface area contributed by atoms with Crippen molar-refractivity contribution in [2.24, 2.45) is 0 Å². The number of ether oxygens (including phenoxy) is 1. The van der Waals surface area contributed by atoms with Crippen LogP contribution in [0.2, 0.25) is 0 Å². The van der Waals surface area contributed by atoms with Gasteiger partial charge in [-0.1, -0.05) is 41.3 Å². The summed E-state index contributed by atoms with van der Waals surface area (Å²) in [6, 6.07) is 7.68. The lowest BCUT2D eigenvalue weighted by molar-refractivity contribution is -0.136. The molecular weight excluding hydrogens is 424 g/mol. The topological polar surface area (TPSA) is 88.8 Å². The van der Waals surface area contributed by atoms with Crippen LogP contribution >= 0.6 is 23.1 Å². The number of nitrogens with zero attached hydrogens (tertiary/aromatic N) is 4. The van der Waals surface area contributed by atoms with Crippen LogP contribution in [0.4, 0.5) is 0 Å².